The van der Waals surface area contributed by atoms with Crippen LogP contribution in [-0.2, 0) is 10.0 Å². The fraction of sp³-hybridized carbons (Fsp3) is 0.143. The van der Waals surface area contributed by atoms with Gasteiger partial charge >= 0.3 is 0 Å². The second-order valence-corrected chi connectivity index (χ2v) is 7.79. The molecule has 25 heavy (non-hydrogen) atoms. The summed E-state index contributed by atoms with van der Waals surface area (Å²) in [6, 6.07) is 7.92. The number of hydrogen-bond acceptors (Lipinski definition) is 6. The fourth-order valence-corrected chi connectivity index (χ4v) is 4.08. The number of anilines is 2. The van der Waals surface area contributed by atoms with Gasteiger partial charge in [0.05, 0.1) is 27.9 Å². The second-order valence-electron chi connectivity index (χ2n) is 4.82. The summed E-state index contributed by atoms with van der Waals surface area (Å²) in [6.45, 7) is -0.0483. The van der Waals surface area contributed by atoms with Crippen molar-refractivity contribution in [1.82, 2.24) is 0 Å². The van der Waals surface area contributed by atoms with Gasteiger partial charge in [0.2, 0.25) is 0 Å². The van der Waals surface area contributed by atoms with E-state index in [-0.39, 0.29) is 40.1 Å². The smallest absolute Gasteiger partial charge is 0.271 e. The Hall–Kier alpha value is -1.88. The lowest BCUT2D eigenvalue weighted by molar-refractivity contribution is -0.384. The molecule has 0 amide bonds. The summed E-state index contributed by atoms with van der Waals surface area (Å²) in [7, 11) is -4.08. The van der Waals surface area contributed by atoms with Gasteiger partial charge in [0.15, 0.2) is 0 Å². The lowest BCUT2D eigenvalue weighted by Gasteiger charge is -2.14. The van der Waals surface area contributed by atoms with Crippen LogP contribution in [0.5, 0.6) is 0 Å². The van der Waals surface area contributed by atoms with Crippen LogP contribution in [0.1, 0.15) is 0 Å². The lowest BCUT2D eigenvalue weighted by atomic mass is 10.2. The molecular weight excluding hydrogens is 438 g/mol. The molecule has 0 unspecified atom stereocenters. The van der Waals surface area contributed by atoms with Crippen molar-refractivity contribution in [2.24, 2.45) is 0 Å². The molecule has 0 aliphatic rings. The molecule has 3 N–H and O–H groups in total. The van der Waals surface area contributed by atoms with Gasteiger partial charge in [0.25, 0.3) is 15.7 Å². The minimum Gasteiger partial charge on any atom is -0.395 e. The Morgan fingerprint density at radius 3 is 2.52 bits per heavy atom. The highest BCUT2D eigenvalue weighted by atomic mass is 79.9. The van der Waals surface area contributed by atoms with Crippen molar-refractivity contribution >= 4 is 54.6 Å². The van der Waals surface area contributed by atoms with Crippen molar-refractivity contribution in [1.29, 1.82) is 0 Å². The number of benzene rings is 2. The van der Waals surface area contributed by atoms with Gasteiger partial charge < -0.3 is 10.4 Å². The Bertz CT molecular complexity index is 907. The van der Waals surface area contributed by atoms with E-state index in [4.69, 9.17) is 16.7 Å². The van der Waals surface area contributed by atoms with Gasteiger partial charge in [-0.25, -0.2) is 8.42 Å². The number of sulfonamides is 1. The maximum absolute atomic E-state index is 12.6. The van der Waals surface area contributed by atoms with E-state index >= 15 is 0 Å². The molecule has 2 aromatic carbocycles. The van der Waals surface area contributed by atoms with E-state index in [0.717, 1.165) is 6.07 Å². The minimum absolute atomic E-state index is 0.00262. The number of aliphatic hydroxyl groups excluding tert-OH is 1. The number of nitro groups is 1. The first-order valence-corrected chi connectivity index (χ1v) is 9.51. The SMILES string of the molecule is O=[N+]([O-])c1ccc(NCCO)c(NS(=O)(=O)c2ccc(Br)cc2Cl)c1. The Kier molecular flexibility index (Phi) is 6.22. The van der Waals surface area contributed by atoms with E-state index in [9.17, 15) is 18.5 Å². The highest BCUT2D eigenvalue weighted by molar-refractivity contribution is 9.10. The standard InChI is InChI=1S/C14H13BrClN3O5S/c15-9-1-4-14(11(16)7-9)25(23,24)18-13-8-10(19(21)22)2-3-12(13)17-5-6-20/h1-4,7-8,17-18,20H,5-6H2. The van der Waals surface area contributed by atoms with Crippen LogP contribution in [0.15, 0.2) is 45.8 Å². The third-order valence-electron chi connectivity index (χ3n) is 3.07. The molecule has 8 nitrogen and oxygen atoms in total. The average molecular weight is 451 g/mol. The van der Waals surface area contributed by atoms with Crippen molar-refractivity contribution in [2.75, 3.05) is 23.2 Å². The molecule has 134 valence electrons. The Balaban J connectivity index is 2.45. The molecule has 2 aromatic rings. The molecule has 0 radical (unpaired) electrons. The molecule has 0 aromatic heterocycles. The number of nitrogens with zero attached hydrogens (tertiary/aromatic N) is 1. The number of halogens is 2. The number of nitro benzene ring substituents is 1. The molecule has 0 aliphatic heterocycles. The summed E-state index contributed by atoms with van der Waals surface area (Å²) in [6.07, 6.45) is 0. The second kappa shape index (κ2) is 8.00. The third-order valence-corrected chi connectivity index (χ3v) is 5.41. The molecule has 0 fully saturated rings. The van der Waals surface area contributed by atoms with Gasteiger partial charge in [-0.05, 0) is 24.3 Å². The van der Waals surface area contributed by atoms with E-state index in [1.165, 1.54) is 30.3 Å². The zero-order chi connectivity index (χ0) is 18.6. The normalized spacial score (nSPS) is 11.2. The molecule has 11 heteroatoms. The first-order valence-electron chi connectivity index (χ1n) is 6.85. The van der Waals surface area contributed by atoms with Gasteiger partial charge in [-0.2, -0.15) is 0 Å². The summed E-state index contributed by atoms with van der Waals surface area (Å²) in [5.41, 5.74) is -0.0211. The molecule has 0 atom stereocenters. The third kappa shape index (κ3) is 4.82. The quantitative estimate of drug-likeness (QED) is 0.440. The predicted octanol–water partition coefficient (Wildman–Crippen LogP) is 3.22. The lowest BCUT2D eigenvalue weighted by Crippen LogP contribution is -2.16. The molecule has 0 saturated heterocycles. The van der Waals surface area contributed by atoms with Crippen molar-refractivity contribution < 1.29 is 18.4 Å². The maximum atomic E-state index is 12.6. The molecule has 0 aliphatic carbocycles. The topological polar surface area (TPSA) is 122 Å². The molecule has 0 saturated carbocycles. The number of aliphatic hydroxyl groups is 1. The predicted molar refractivity (Wildman–Crippen MR) is 98.6 cm³/mol. The first-order chi connectivity index (χ1) is 11.7. The van der Waals surface area contributed by atoms with Gasteiger partial charge in [0.1, 0.15) is 4.90 Å². The van der Waals surface area contributed by atoms with Crippen molar-refractivity contribution in [2.45, 2.75) is 4.90 Å². The highest BCUT2D eigenvalue weighted by Gasteiger charge is 2.21. The van der Waals surface area contributed by atoms with Crippen molar-refractivity contribution in [3.05, 3.63) is 56.0 Å². The van der Waals surface area contributed by atoms with Crippen molar-refractivity contribution in [3.8, 4) is 0 Å². The van der Waals surface area contributed by atoms with Crippen LogP contribution in [0.25, 0.3) is 0 Å². The van der Waals surface area contributed by atoms with E-state index in [2.05, 4.69) is 26.0 Å². The van der Waals surface area contributed by atoms with Gasteiger partial charge in [0, 0.05) is 23.2 Å². The van der Waals surface area contributed by atoms with Crippen LogP contribution < -0.4 is 10.0 Å². The largest absolute Gasteiger partial charge is 0.395 e. The van der Waals surface area contributed by atoms with Crippen LogP contribution in [0.3, 0.4) is 0 Å². The van der Waals surface area contributed by atoms with Crippen molar-refractivity contribution in [3.63, 3.8) is 0 Å². The number of non-ortho nitro benzene ring substituents is 1. The van der Waals surface area contributed by atoms with Crippen LogP contribution in [0.2, 0.25) is 5.02 Å². The fourth-order valence-electron chi connectivity index (χ4n) is 1.97. The molecular formula is C14H13BrClN3O5S. The van der Waals surface area contributed by atoms with Gasteiger partial charge in [-0.3, -0.25) is 14.8 Å². The molecule has 0 bridgehead atoms. The highest BCUT2D eigenvalue weighted by Crippen LogP contribution is 2.31. The van der Waals surface area contributed by atoms with Crippen LogP contribution in [0.4, 0.5) is 17.1 Å². The average Bonchev–Trinajstić information content (AvgIpc) is 2.52. The first kappa shape index (κ1) is 19.4. The summed E-state index contributed by atoms with van der Waals surface area (Å²) in [5.74, 6) is 0. The molecule has 0 heterocycles. The van der Waals surface area contributed by atoms with Crippen LogP contribution in [-0.4, -0.2) is 31.6 Å². The van der Waals surface area contributed by atoms with Crippen LogP contribution >= 0.6 is 27.5 Å². The van der Waals surface area contributed by atoms with E-state index in [0.29, 0.717) is 4.47 Å². The Morgan fingerprint density at radius 2 is 1.92 bits per heavy atom. The number of hydrogen-bond donors (Lipinski definition) is 3. The number of rotatable bonds is 7. The number of nitrogens with one attached hydrogen (secondary N) is 2. The maximum Gasteiger partial charge on any atom is 0.271 e. The van der Waals surface area contributed by atoms with Crippen LogP contribution in [0, 0.1) is 10.1 Å². The Morgan fingerprint density at radius 1 is 1.20 bits per heavy atom. The van der Waals surface area contributed by atoms with E-state index in [1.807, 2.05) is 0 Å². The summed E-state index contributed by atoms with van der Waals surface area (Å²) >= 11 is 9.17. The summed E-state index contributed by atoms with van der Waals surface area (Å²) < 4.78 is 28.1. The summed E-state index contributed by atoms with van der Waals surface area (Å²) in [4.78, 5) is 10.1. The zero-order valence-corrected chi connectivity index (χ0v) is 15.7. The summed E-state index contributed by atoms with van der Waals surface area (Å²) in [5, 5.41) is 22.6. The van der Waals surface area contributed by atoms with Gasteiger partial charge in [-0.1, -0.05) is 27.5 Å². The minimum atomic E-state index is -4.08. The van der Waals surface area contributed by atoms with E-state index in [1.54, 1.807) is 0 Å². The Labute approximate surface area is 157 Å². The van der Waals surface area contributed by atoms with Gasteiger partial charge in [-0.15, -0.1) is 0 Å². The van der Waals surface area contributed by atoms with E-state index < -0.39 is 14.9 Å². The molecule has 0 spiro atoms. The monoisotopic (exact) mass is 449 g/mol. The molecule has 2 rings (SSSR count). The zero-order valence-electron chi connectivity index (χ0n) is 12.6.